The zero-order chi connectivity index (χ0) is 24.7. The fourth-order valence-corrected chi connectivity index (χ4v) is 4.88. The molecule has 0 atom stereocenters. The number of hydrogen-bond donors (Lipinski definition) is 0. The topological polar surface area (TPSA) is 63.4 Å². The molecule has 1 fully saturated rings. The summed E-state index contributed by atoms with van der Waals surface area (Å²) in [6.07, 6.45) is 1.79. The summed E-state index contributed by atoms with van der Waals surface area (Å²) in [6, 6.07) is 16.9. The van der Waals surface area contributed by atoms with Gasteiger partial charge >= 0.3 is 0 Å². The Bertz CT molecular complexity index is 1420. The number of fused-ring (bicyclic) bond motifs is 1. The van der Waals surface area contributed by atoms with E-state index in [2.05, 4.69) is 13.8 Å². The van der Waals surface area contributed by atoms with Gasteiger partial charge in [0, 0.05) is 40.4 Å². The molecule has 5 nitrogen and oxygen atoms in total. The predicted octanol–water partition coefficient (Wildman–Crippen LogP) is 7.71. The third-order valence-electron chi connectivity index (χ3n) is 6.11. The summed E-state index contributed by atoms with van der Waals surface area (Å²) in [5.74, 6) is 0.418. The number of amides is 2. The van der Waals surface area contributed by atoms with Gasteiger partial charge in [0.1, 0.15) is 11.4 Å². The average Bonchev–Trinajstić information content (AvgIpc) is 3.15. The van der Waals surface area contributed by atoms with Crippen LogP contribution in [0.4, 0.5) is 5.69 Å². The molecule has 5 rings (SSSR count). The normalized spacial score (nSPS) is 14.4. The van der Waals surface area contributed by atoms with Crippen molar-refractivity contribution in [1.82, 2.24) is 4.98 Å². The number of benzene rings is 2. The van der Waals surface area contributed by atoms with Crippen molar-refractivity contribution in [2.75, 3.05) is 4.90 Å². The second-order valence-electron chi connectivity index (χ2n) is 9.17. The maximum Gasteiger partial charge on any atom is 0.233 e. The van der Waals surface area contributed by atoms with Crippen LogP contribution in [0.25, 0.3) is 33.5 Å². The molecule has 2 aromatic heterocycles. The summed E-state index contributed by atoms with van der Waals surface area (Å²) in [7, 11) is 0. The zero-order valence-corrected chi connectivity index (χ0v) is 21.0. The van der Waals surface area contributed by atoms with Gasteiger partial charge in [-0.05, 0) is 42.2 Å². The summed E-state index contributed by atoms with van der Waals surface area (Å²) in [5, 5.41) is 1.81. The van der Waals surface area contributed by atoms with Crippen LogP contribution >= 0.6 is 23.2 Å². The first-order valence-electron chi connectivity index (χ1n) is 11.7. The van der Waals surface area contributed by atoms with Crippen molar-refractivity contribution in [1.29, 1.82) is 0 Å². The van der Waals surface area contributed by atoms with Gasteiger partial charge in [0.25, 0.3) is 0 Å². The van der Waals surface area contributed by atoms with Gasteiger partial charge in [-0.15, -0.1) is 0 Å². The Morgan fingerprint density at radius 2 is 1.66 bits per heavy atom. The van der Waals surface area contributed by atoms with Crippen LogP contribution in [0.3, 0.4) is 0 Å². The highest BCUT2D eigenvalue weighted by atomic mass is 35.5. The number of nitrogens with zero attached hydrogens (tertiary/aromatic N) is 2. The number of pyridine rings is 1. The number of anilines is 1. The van der Waals surface area contributed by atoms with E-state index in [1.54, 1.807) is 0 Å². The smallest absolute Gasteiger partial charge is 0.233 e. The first kappa shape index (κ1) is 23.6. The lowest BCUT2D eigenvalue weighted by Crippen LogP contribution is -2.40. The SMILES string of the molecule is CC(C)Cc1oc2nc(-c3ccccc3Cl)c(-c3ccc(Cl)cc3)cc2c1N1C(=O)CCCC1=O. The van der Waals surface area contributed by atoms with Crippen molar-refractivity contribution < 1.29 is 14.0 Å². The molecule has 0 saturated carbocycles. The van der Waals surface area contributed by atoms with Crippen LogP contribution in [0.15, 0.2) is 59.0 Å². The van der Waals surface area contributed by atoms with E-state index in [1.165, 1.54) is 4.90 Å². The van der Waals surface area contributed by atoms with Crippen molar-refractivity contribution in [2.24, 2.45) is 5.92 Å². The molecular weight excluding hydrogens is 483 g/mol. The summed E-state index contributed by atoms with van der Waals surface area (Å²) in [4.78, 5) is 32.0. The van der Waals surface area contributed by atoms with E-state index < -0.39 is 0 Å². The van der Waals surface area contributed by atoms with Gasteiger partial charge in [-0.2, -0.15) is 0 Å². The third kappa shape index (κ3) is 4.46. The third-order valence-corrected chi connectivity index (χ3v) is 6.69. The standard InChI is InChI=1S/C28H24Cl2N2O3/c1-16(2)14-23-27(32-24(33)8-5-9-25(32)34)21-15-20(17-10-12-18(29)13-11-17)26(31-28(21)35-23)19-6-3-4-7-22(19)30/h3-4,6-7,10-13,15-16H,5,8-9,14H2,1-2H3. The van der Waals surface area contributed by atoms with Crippen molar-refractivity contribution in [3.8, 4) is 22.4 Å². The van der Waals surface area contributed by atoms with Gasteiger partial charge < -0.3 is 4.42 Å². The monoisotopic (exact) mass is 506 g/mol. The number of rotatable bonds is 5. The number of aromatic nitrogens is 1. The van der Waals surface area contributed by atoms with Gasteiger partial charge in [0.05, 0.1) is 11.1 Å². The van der Waals surface area contributed by atoms with Gasteiger partial charge in [0.15, 0.2) is 0 Å². The fraction of sp³-hybridized carbons (Fsp3) is 0.250. The van der Waals surface area contributed by atoms with Crippen LogP contribution in [0.5, 0.6) is 0 Å². The molecule has 4 aromatic rings. The summed E-state index contributed by atoms with van der Waals surface area (Å²) < 4.78 is 6.25. The molecule has 2 amide bonds. The van der Waals surface area contributed by atoms with E-state index in [1.807, 2.05) is 54.6 Å². The molecule has 35 heavy (non-hydrogen) atoms. The minimum absolute atomic E-state index is 0.211. The fourth-order valence-electron chi connectivity index (χ4n) is 4.52. The lowest BCUT2D eigenvalue weighted by molar-refractivity contribution is -0.129. The molecule has 3 heterocycles. The molecule has 0 unspecified atom stereocenters. The quantitative estimate of drug-likeness (QED) is 0.260. The average molecular weight is 507 g/mol. The van der Waals surface area contributed by atoms with E-state index in [9.17, 15) is 9.59 Å². The second-order valence-corrected chi connectivity index (χ2v) is 10.0. The highest BCUT2D eigenvalue weighted by molar-refractivity contribution is 6.33. The number of halogens is 2. The minimum atomic E-state index is -0.211. The van der Waals surface area contributed by atoms with E-state index in [-0.39, 0.29) is 17.7 Å². The first-order valence-corrected chi connectivity index (χ1v) is 12.4. The van der Waals surface area contributed by atoms with Crippen molar-refractivity contribution in [3.63, 3.8) is 0 Å². The van der Waals surface area contributed by atoms with Crippen molar-refractivity contribution >= 4 is 51.8 Å². The van der Waals surface area contributed by atoms with E-state index in [0.717, 1.165) is 16.7 Å². The Kier molecular flexibility index (Phi) is 6.39. The minimum Gasteiger partial charge on any atom is -0.440 e. The van der Waals surface area contributed by atoms with Crippen LogP contribution in [0.1, 0.15) is 38.9 Å². The lowest BCUT2D eigenvalue weighted by atomic mass is 9.97. The molecule has 178 valence electrons. The Balaban J connectivity index is 1.83. The van der Waals surface area contributed by atoms with Crippen molar-refractivity contribution in [3.05, 3.63) is 70.4 Å². The highest BCUT2D eigenvalue weighted by Crippen LogP contribution is 2.43. The Hall–Kier alpha value is -3.15. The zero-order valence-electron chi connectivity index (χ0n) is 19.5. The molecule has 0 spiro atoms. The van der Waals surface area contributed by atoms with E-state index >= 15 is 0 Å². The number of piperidine rings is 1. The van der Waals surface area contributed by atoms with Gasteiger partial charge in [-0.1, -0.05) is 67.4 Å². The molecule has 0 radical (unpaired) electrons. The van der Waals surface area contributed by atoms with Crippen LogP contribution in [0, 0.1) is 5.92 Å². The van der Waals surface area contributed by atoms with Gasteiger partial charge in [0.2, 0.25) is 17.5 Å². The summed E-state index contributed by atoms with van der Waals surface area (Å²) in [5.41, 5.74) is 3.98. The van der Waals surface area contributed by atoms with Crippen LogP contribution in [-0.4, -0.2) is 16.8 Å². The highest BCUT2D eigenvalue weighted by Gasteiger charge is 2.34. The van der Waals surface area contributed by atoms with Crippen LogP contribution < -0.4 is 4.90 Å². The van der Waals surface area contributed by atoms with Gasteiger partial charge in [-0.3, -0.25) is 9.59 Å². The summed E-state index contributed by atoms with van der Waals surface area (Å²) in [6.45, 7) is 4.14. The van der Waals surface area contributed by atoms with Gasteiger partial charge in [-0.25, -0.2) is 9.88 Å². The molecular formula is C28H24Cl2N2O3. The summed E-state index contributed by atoms with van der Waals surface area (Å²) >= 11 is 12.7. The molecule has 0 bridgehead atoms. The number of furan rings is 1. The largest absolute Gasteiger partial charge is 0.440 e. The van der Waals surface area contributed by atoms with E-state index in [4.69, 9.17) is 32.6 Å². The van der Waals surface area contributed by atoms with Crippen LogP contribution in [0.2, 0.25) is 10.0 Å². The Labute approximate surface area is 213 Å². The molecule has 2 aromatic carbocycles. The number of imide groups is 1. The predicted molar refractivity (Wildman–Crippen MR) is 140 cm³/mol. The second kappa shape index (κ2) is 9.48. The molecule has 1 aliphatic rings. The van der Waals surface area contributed by atoms with Crippen molar-refractivity contribution in [2.45, 2.75) is 39.5 Å². The van der Waals surface area contributed by atoms with Crippen LogP contribution in [-0.2, 0) is 16.0 Å². The Morgan fingerprint density at radius 1 is 0.971 bits per heavy atom. The molecule has 0 N–H and O–H groups in total. The molecule has 1 saturated heterocycles. The Morgan fingerprint density at radius 3 is 2.31 bits per heavy atom. The lowest BCUT2D eigenvalue weighted by Gasteiger charge is -2.25. The maximum atomic E-state index is 12.9. The number of carbonyl (C=O) groups excluding carboxylic acids is 2. The maximum absolute atomic E-state index is 12.9. The molecule has 7 heteroatoms. The molecule has 0 aliphatic carbocycles. The number of hydrogen-bond acceptors (Lipinski definition) is 4. The van der Waals surface area contributed by atoms with E-state index in [0.29, 0.717) is 64.0 Å². The number of carbonyl (C=O) groups is 2. The first-order chi connectivity index (χ1) is 16.8. The molecule has 1 aliphatic heterocycles.